The van der Waals surface area contributed by atoms with Crippen LogP contribution in [0.1, 0.15) is 48.9 Å². The summed E-state index contributed by atoms with van der Waals surface area (Å²) >= 11 is 0. The fourth-order valence-corrected chi connectivity index (χ4v) is 5.52. The minimum Gasteiger partial charge on any atom is -0.494 e. The maximum atomic E-state index is 9.89. The highest BCUT2D eigenvalue weighted by molar-refractivity contribution is 5.92. The maximum Gasteiger partial charge on any atom is 0.119 e. The van der Waals surface area contributed by atoms with Crippen LogP contribution in [-0.4, -0.2) is 41.6 Å². The Bertz CT molecular complexity index is 1430. The SMILES string of the molecule is Cc1ncc(C#N)c(Nc2ccc3[nH]ccc3c2C)c1-c1ccc(OCCCCC2CCN(C)CC2)cc1. The lowest BCUT2D eigenvalue weighted by Gasteiger charge is -2.28. The predicted molar refractivity (Wildman–Crippen MR) is 155 cm³/mol. The summed E-state index contributed by atoms with van der Waals surface area (Å²) in [5.41, 5.74) is 7.30. The van der Waals surface area contributed by atoms with Gasteiger partial charge in [-0.15, -0.1) is 0 Å². The Morgan fingerprint density at radius 1 is 1.08 bits per heavy atom. The van der Waals surface area contributed by atoms with Gasteiger partial charge in [-0.1, -0.05) is 18.6 Å². The maximum absolute atomic E-state index is 9.89. The second-order valence-corrected chi connectivity index (χ2v) is 10.5. The van der Waals surface area contributed by atoms with Crippen molar-refractivity contribution >= 4 is 22.3 Å². The smallest absolute Gasteiger partial charge is 0.119 e. The molecule has 0 spiro atoms. The number of nitriles is 1. The lowest BCUT2D eigenvalue weighted by Crippen LogP contribution is -2.30. The lowest BCUT2D eigenvalue weighted by molar-refractivity contribution is 0.206. The summed E-state index contributed by atoms with van der Waals surface area (Å²) in [6, 6.07) is 16.7. The van der Waals surface area contributed by atoms with Gasteiger partial charge in [-0.2, -0.15) is 5.26 Å². The van der Waals surface area contributed by atoms with Crippen LogP contribution in [0.25, 0.3) is 22.0 Å². The molecule has 0 bridgehead atoms. The average molecular weight is 508 g/mol. The number of anilines is 2. The summed E-state index contributed by atoms with van der Waals surface area (Å²) in [5.74, 6) is 1.75. The molecule has 4 aromatic rings. The molecule has 0 saturated carbocycles. The largest absolute Gasteiger partial charge is 0.494 e. The van der Waals surface area contributed by atoms with E-state index in [1.807, 2.05) is 25.3 Å². The van der Waals surface area contributed by atoms with Crippen molar-refractivity contribution in [3.63, 3.8) is 0 Å². The monoisotopic (exact) mass is 507 g/mol. The number of fused-ring (bicyclic) bond motifs is 1. The molecule has 2 aromatic carbocycles. The normalized spacial score (nSPS) is 14.5. The van der Waals surface area contributed by atoms with Crippen LogP contribution in [0.2, 0.25) is 0 Å². The number of aromatic amines is 1. The van der Waals surface area contributed by atoms with E-state index in [-0.39, 0.29) is 0 Å². The Labute approximate surface area is 225 Å². The van der Waals surface area contributed by atoms with Crippen LogP contribution in [0, 0.1) is 31.1 Å². The molecule has 38 heavy (non-hydrogen) atoms. The molecule has 1 aliphatic rings. The molecule has 1 fully saturated rings. The number of hydrogen-bond acceptors (Lipinski definition) is 5. The van der Waals surface area contributed by atoms with Crippen molar-refractivity contribution < 1.29 is 4.74 Å². The summed E-state index contributed by atoms with van der Waals surface area (Å²) in [6.07, 6.45) is 9.87. The van der Waals surface area contributed by atoms with E-state index in [1.165, 1.54) is 38.8 Å². The Morgan fingerprint density at radius 3 is 2.63 bits per heavy atom. The first-order valence-electron chi connectivity index (χ1n) is 13.7. The fraction of sp³-hybridized carbons (Fsp3) is 0.375. The number of nitrogens with one attached hydrogen (secondary N) is 2. The number of likely N-dealkylation sites (tertiary alicyclic amines) is 1. The minimum absolute atomic E-state index is 0.518. The van der Waals surface area contributed by atoms with Gasteiger partial charge < -0.3 is 19.9 Å². The molecule has 3 heterocycles. The molecule has 2 N–H and O–H groups in total. The molecule has 0 atom stereocenters. The molecule has 0 radical (unpaired) electrons. The van der Waals surface area contributed by atoms with E-state index in [0.717, 1.165) is 69.4 Å². The van der Waals surface area contributed by atoms with Crippen molar-refractivity contribution in [2.24, 2.45) is 5.92 Å². The predicted octanol–water partition coefficient (Wildman–Crippen LogP) is 7.35. The summed E-state index contributed by atoms with van der Waals surface area (Å²) in [4.78, 5) is 10.2. The zero-order valence-electron chi connectivity index (χ0n) is 22.7. The fourth-order valence-electron chi connectivity index (χ4n) is 5.52. The first-order valence-corrected chi connectivity index (χ1v) is 13.7. The third-order valence-corrected chi connectivity index (χ3v) is 7.91. The number of nitrogens with zero attached hydrogens (tertiary/aromatic N) is 3. The van der Waals surface area contributed by atoms with Gasteiger partial charge in [0, 0.05) is 40.2 Å². The van der Waals surface area contributed by atoms with Gasteiger partial charge in [0.1, 0.15) is 11.8 Å². The summed E-state index contributed by atoms with van der Waals surface area (Å²) < 4.78 is 6.06. The molecular weight excluding hydrogens is 470 g/mol. The quantitative estimate of drug-likeness (QED) is 0.232. The van der Waals surface area contributed by atoms with Crippen molar-refractivity contribution in [3.8, 4) is 22.9 Å². The molecule has 1 aliphatic heterocycles. The van der Waals surface area contributed by atoms with E-state index in [0.29, 0.717) is 5.56 Å². The number of aromatic nitrogens is 2. The van der Waals surface area contributed by atoms with Crippen LogP contribution in [0.4, 0.5) is 11.4 Å². The van der Waals surface area contributed by atoms with Crippen molar-refractivity contribution in [3.05, 3.63) is 71.7 Å². The van der Waals surface area contributed by atoms with Gasteiger partial charge in [-0.25, -0.2) is 0 Å². The highest BCUT2D eigenvalue weighted by Crippen LogP contribution is 2.37. The Balaban J connectivity index is 1.27. The first kappa shape index (κ1) is 25.8. The summed E-state index contributed by atoms with van der Waals surface area (Å²) in [6.45, 7) is 7.29. The minimum atomic E-state index is 0.518. The van der Waals surface area contributed by atoms with Crippen LogP contribution in [0.3, 0.4) is 0 Å². The molecule has 0 unspecified atom stereocenters. The highest BCUT2D eigenvalue weighted by Gasteiger charge is 2.17. The molecule has 6 nitrogen and oxygen atoms in total. The van der Waals surface area contributed by atoms with Crippen LogP contribution in [-0.2, 0) is 0 Å². The summed E-state index contributed by atoms with van der Waals surface area (Å²) in [7, 11) is 2.22. The Kier molecular flexibility index (Phi) is 7.95. The molecule has 0 amide bonds. The van der Waals surface area contributed by atoms with Crippen LogP contribution >= 0.6 is 0 Å². The molecule has 6 heteroatoms. The third-order valence-electron chi connectivity index (χ3n) is 7.91. The number of pyridine rings is 1. The van der Waals surface area contributed by atoms with E-state index < -0.39 is 0 Å². The molecular formula is C32H37N5O. The second-order valence-electron chi connectivity index (χ2n) is 10.5. The number of piperidine rings is 1. The highest BCUT2D eigenvalue weighted by atomic mass is 16.5. The molecule has 2 aromatic heterocycles. The van der Waals surface area contributed by atoms with E-state index in [4.69, 9.17) is 4.74 Å². The van der Waals surface area contributed by atoms with Gasteiger partial charge >= 0.3 is 0 Å². The van der Waals surface area contributed by atoms with Gasteiger partial charge in [0.2, 0.25) is 0 Å². The number of unbranched alkanes of at least 4 members (excludes halogenated alkanes) is 1. The van der Waals surface area contributed by atoms with Crippen molar-refractivity contribution in [1.29, 1.82) is 5.26 Å². The van der Waals surface area contributed by atoms with Crippen LogP contribution in [0.15, 0.2) is 54.9 Å². The van der Waals surface area contributed by atoms with Crippen LogP contribution < -0.4 is 10.1 Å². The van der Waals surface area contributed by atoms with Crippen molar-refractivity contribution in [1.82, 2.24) is 14.9 Å². The second kappa shape index (κ2) is 11.7. The molecule has 1 saturated heterocycles. The molecule has 0 aliphatic carbocycles. The Morgan fingerprint density at radius 2 is 1.87 bits per heavy atom. The molecule has 196 valence electrons. The third kappa shape index (κ3) is 5.69. The van der Waals surface area contributed by atoms with E-state index >= 15 is 0 Å². The number of rotatable bonds is 9. The molecule has 5 rings (SSSR count). The number of aryl methyl sites for hydroxylation is 2. The zero-order chi connectivity index (χ0) is 26.5. The lowest BCUT2D eigenvalue weighted by atomic mass is 9.92. The Hall–Kier alpha value is -3.82. The standard InChI is InChI=1S/C32H37N5O/c1-22-28-13-16-34-30(28)12-11-29(22)36-32-26(20-33)21-35-23(2)31(32)25-7-9-27(10-8-25)38-19-5-4-6-24-14-17-37(3)18-15-24/h7-13,16,21,24,34H,4-6,14-15,17-19H2,1-3H3,(H,35,36). The number of ether oxygens (including phenoxy) is 1. The number of benzene rings is 2. The van der Waals surface area contributed by atoms with Gasteiger partial charge in [0.15, 0.2) is 0 Å². The van der Waals surface area contributed by atoms with Gasteiger partial charge in [-0.05, 0) is 107 Å². The number of H-pyrrole nitrogens is 1. The van der Waals surface area contributed by atoms with Gasteiger partial charge in [0.25, 0.3) is 0 Å². The van der Waals surface area contributed by atoms with Gasteiger partial charge in [0.05, 0.1) is 17.9 Å². The summed E-state index contributed by atoms with van der Waals surface area (Å²) in [5, 5.41) is 14.6. The van der Waals surface area contributed by atoms with Crippen LogP contribution in [0.5, 0.6) is 5.75 Å². The average Bonchev–Trinajstić information content (AvgIpc) is 3.42. The van der Waals surface area contributed by atoms with Crippen molar-refractivity contribution in [2.75, 3.05) is 32.1 Å². The first-order chi connectivity index (χ1) is 18.5. The van der Waals surface area contributed by atoms with E-state index in [9.17, 15) is 5.26 Å². The number of hydrogen-bond donors (Lipinski definition) is 2. The van der Waals surface area contributed by atoms with E-state index in [1.54, 1.807) is 6.20 Å². The topological polar surface area (TPSA) is 77.0 Å². The van der Waals surface area contributed by atoms with Gasteiger partial charge in [-0.3, -0.25) is 4.98 Å². The zero-order valence-corrected chi connectivity index (χ0v) is 22.7. The van der Waals surface area contributed by atoms with Crippen molar-refractivity contribution in [2.45, 2.75) is 46.0 Å². The van der Waals surface area contributed by atoms with E-state index in [2.05, 4.69) is 70.6 Å².